The SMILES string of the molecule is Cc1cc(C)nc(SCCC2CCCCN2)c1. The van der Waals surface area contributed by atoms with E-state index >= 15 is 0 Å². The number of pyridine rings is 1. The van der Waals surface area contributed by atoms with Gasteiger partial charge in [0.1, 0.15) is 0 Å². The van der Waals surface area contributed by atoms with E-state index in [9.17, 15) is 0 Å². The molecule has 0 radical (unpaired) electrons. The van der Waals surface area contributed by atoms with Crippen LogP contribution < -0.4 is 5.32 Å². The number of thioether (sulfide) groups is 1. The number of aryl methyl sites for hydroxylation is 2. The van der Waals surface area contributed by atoms with Crippen LogP contribution >= 0.6 is 11.8 Å². The summed E-state index contributed by atoms with van der Waals surface area (Å²) in [6.45, 7) is 5.41. The molecule has 1 aromatic rings. The van der Waals surface area contributed by atoms with Gasteiger partial charge in [0.25, 0.3) is 0 Å². The molecule has 1 atom stereocenters. The molecule has 2 nitrogen and oxygen atoms in total. The molecule has 0 spiro atoms. The van der Waals surface area contributed by atoms with Gasteiger partial charge in [-0.15, -0.1) is 11.8 Å². The minimum Gasteiger partial charge on any atom is -0.314 e. The summed E-state index contributed by atoms with van der Waals surface area (Å²) in [7, 11) is 0. The maximum atomic E-state index is 4.56. The third-order valence-corrected chi connectivity index (χ3v) is 4.15. The molecule has 3 heteroatoms. The maximum absolute atomic E-state index is 4.56. The lowest BCUT2D eigenvalue weighted by atomic mass is 10.0. The number of hydrogen-bond acceptors (Lipinski definition) is 3. The number of nitrogens with one attached hydrogen (secondary N) is 1. The Morgan fingerprint density at radius 1 is 1.35 bits per heavy atom. The lowest BCUT2D eigenvalue weighted by Crippen LogP contribution is -2.34. The fraction of sp³-hybridized carbons (Fsp3) is 0.643. The van der Waals surface area contributed by atoms with Crippen LogP contribution in [0.1, 0.15) is 36.9 Å². The third-order valence-electron chi connectivity index (χ3n) is 3.20. The van der Waals surface area contributed by atoms with E-state index in [0.717, 1.165) is 11.7 Å². The normalized spacial score (nSPS) is 20.5. The average molecular weight is 250 g/mol. The molecule has 0 aromatic carbocycles. The molecule has 0 saturated carbocycles. The Morgan fingerprint density at radius 2 is 2.24 bits per heavy atom. The van der Waals surface area contributed by atoms with Crippen molar-refractivity contribution in [3.05, 3.63) is 23.4 Å². The highest BCUT2D eigenvalue weighted by Gasteiger charge is 2.12. The molecule has 2 rings (SSSR count). The molecule has 2 heterocycles. The van der Waals surface area contributed by atoms with Gasteiger partial charge in [0, 0.05) is 17.5 Å². The summed E-state index contributed by atoms with van der Waals surface area (Å²) in [5.74, 6) is 1.17. The van der Waals surface area contributed by atoms with E-state index in [0.29, 0.717) is 0 Å². The van der Waals surface area contributed by atoms with Gasteiger partial charge in [0.2, 0.25) is 0 Å². The van der Waals surface area contributed by atoms with Crippen LogP contribution in [0.4, 0.5) is 0 Å². The van der Waals surface area contributed by atoms with Crippen molar-refractivity contribution in [2.24, 2.45) is 0 Å². The maximum Gasteiger partial charge on any atom is 0.0965 e. The molecule has 1 aliphatic rings. The van der Waals surface area contributed by atoms with Gasteiger partial charge >= 0.3 is 0 Å². The van der Waals surface area contributed by atoms with Crippen LogP contribution in [-0.2, 0) is 0 Å². The van der Waals surface area contributed by atoms with Crippen molar-refractivity contribution in [2.75, 3.05) is 12.3 Å². The summed E-state index contributed by atoms with van der Waals surface area (Å²) < 4.78 is 0. The second kappa shape index (κ2) is 6.41. The second-order valence-corrected chi connectivity index (χ2v) is 6.02. The zero-order chi connectivity index (χ0) is 12.1. The van der Waals surface area contributed by atoms with Gasteiger partial charge in [-0.2, -0.15) is 0 Å². The largest absolute Gasteiger partial charge is 0.314 e. The molecule has 1 N–H and O–H groups in total. The number of piperidine rings is 1. The highest BCUT2D eigenvalue weighted by molar-refractivity contribution is 7.99. The Hall–Kier alpha value is -0.540. The minimum atomic E-state index is 0.738. The number of hydrogen-bond donors (Lipinski definition) is 1. The topological polar surface area (TPSA) is 24.9 Å². The number of rotatable bonds is 4. The van der Waals surface area contributed by atoms with Crippen molar-refractivity contribution in [1.82, 2.24) is 10.3 Å². The highest BCUT2D eigenvalue weighted by Crippen LogP contribution is 2.20. The molecule has 1 aromatic heterocycles. The first-order valence-corrected chi connectivity index (χ1v) is 7.54. The van der Waals surface area contributed by atoms with Gasteiger partial charge in [-0.1, -0.05) is 6.42 Å². The van der Waals surface area contributed by atoms with Crippen molar-refractivity contribution in [1.29, 1.82) is 0 Å². The van der Waals surface area contributed by atoms with E-state index in [4.69, 9.17) is 0 Å². The van der Waals surface area contributed by atoms with Crippen molar-refractivity contribution in [3.8, 4) is 0 Å². The Labute approximate surface area is 109 Å². The lowest BCUT2D eigenvalue weighted by Gasteiger charge is -2.23. The van der Waals surface area contributed by atoms with Crippen LogP contribution in [0.2, 0.25) is 0 Å². The number of aromatic nitrogens is 1. The third kappa shape index (κ3) is 4.32. The first-order valence-electron chi connectivity index (χ1n) is 6.55. The first-order chi connectivity index (χ1) is 8.24. The molecular weight excluding hydrogens is 228 g/mol. The molecule has 1 aliphatic heterocycles. The van der Waals surface area contributed by atoms with Crippen molar-refractivity contribution in [2.45, 2.75) is 50.6 Å². The minimum absolute atomic E-state index is 0.738. The molecule has 1 fully saturated rings. The monoisotopic (exact) mass is 250 g/mol. The van der Waals surface area contributed by atoms with Gasteiger partial charge in [-0.3, -0.25) is 0 Å². The summed E-state index contributed by atoms with van der Waals surface area (Å²) in [5.41, 5.74) is 2.44. The van der Waals surface area contributed by atoms with Crippen molar-refractivity contribution < 1.29 is 0 Å². The van der Waals surface area contributed by atoms with E-state index in [1.54, 1.807) is 0 Å². The summed E-state index contributed by atoms with van der Waals surface area (Å²) >= 11 is 1.89. The molecule has 0 aliphatic carbocycles. The van der Waals surface area contributed by atoms with E-state index in [2.05, 4.69) is 36.3 Å². The predicted octanol–water partition coefficient (Wildman–Crippen LogP) is 3.32. The Balaban J connectivity index is 1.77. The van der Waals surface area contributed by atoms with Gasteiger partial charge in [0.05, 0.1) is 5.03 Å². The van der Waals surface area contributed by atoms with Crippen molar-refractivity contribution >= 4 is 11.8 Å². The van der Waals surface area contributed by atoms with Gasteiger partial charge in [-0.05, 0) is 57.4 Å². The van der Waals surface area contributed by atoms with Crippen LogP contribution in [-0.4, -0.2) is 23.3 Å². The highest BCUT2D eigenvalue weighted by atomic mass is 32.2. The Bertz CT molecular complexity index is 339. The molecule has 0 bridgehead atoms. The summed E-state index contributed by atoms with van der Waals surface area (Å²) in [6, 6.07) is 5.06. The van der Waals surface area contributed by atoms with Crippen LogP contribution in [0.25, 0.3) is 0 Å². The van der Waals surface area contributed by atoms with E-state index < -0.39 is 0 Å². The summed E-state index contributed by atoms with van der Waals surface area (Å²) in [5, 5.41) is 4.77. The van der Waals surface area contributed by atoms with Crippen LogP contribution in [0.15, 0.2) is 17.2 Å². The molecule has 1 unspecified atom stereocenters. The van der Waals surface area contributed by atoms with Gasteiger partial charge in [-0.25, -0.2) is 4.98 Å². The smallest absolute Gasteiger partial charge is 0.0965 e. The van der Waals surface area contributed by atoms with Crippen LogP contribution in [0.5, 0.6) is 0 Å². The van der Waals surface area contributed by atoms with Crippen LogP contribution in [0, 0.1) is 13.8 Å². The molecular formula is C14H22N2S. The fourth-order valence-corrected chi connectivity index (χ4v) is 3.44. The van der Waals surface area contributed by atoms with E-state index in [1.165, 1.54) is 48.6 Å². The van der Waals surface area contributed by atoms with Gasteiger partial charge in [0.15, 0.2) is 0 Å². The van der Waals surface area contributed by atoms with Crippen LogP contribution in [0.3, 0.4) is 0 Å². The second-order valence-electron chi connectivity index (χ2n) is 4.91. The molecule has 17 heavy (non-hydrogen) atoms. The number of nitrogens with zero attached hydrogens (tertiary/aromatic N) is 1. The van der Waals surface area contributed by atoms with E-state index in [-0.39, 0.29) is 0 Å². The predicted molar refractivity (Wildman–Crippen MR) is 74.7 cm³/mol. The fourth-order valence-electron chi connectivity index (χ4n) is 2.35. The Kier molecular flexibility index (Phi) is 4.86. The van der Waals surface area contributed by atoms with E-state index in [1.807, 2.05) is 11.8 Å². The zero-order valence-electron chi connectivity index (χ0n) is 10.8. The molecule has 94 valence electrons. The molecule has 1 saturated heterocycles. The van der Waals surface area contributed by atoms with Crippen molar-refractivity contribution in [3.63, 3.8) is 0 Å². The average Bonchev–Trinajstić information content (AvgIpc) is 2.29. The lowest BCUT2D eigenvalue weighted by molar-refractivity contribution is 0.394. The first kappa shape index (κ1) is 12.9. The molecule has 0 amide bonds. The Morgan fingerprint density at radius 3 is 2.94 bits per heavy atom. The zero-order valence-corrected chi connectivity index (χ0v) is 11.6. The summed E-state index contributed by atoms with van der Waals surface area (Å²) in [4.78, 5) is 4.56. The standard InChI is InChI=1S/C14H22N2S/c1-11-9-12(2)16-14(10-11)17-8-6-13-5-3-4-7-15-13/h9-10,13,15H,3-8H2,1-2H3. The van der Waals surface area contributed by atoms with Gasteiger partial charge < -0.3 is 5.32 Å². The quantitative estimate of drug-likeness (QED) is 0.830. The summed E-state index contributed by atoms with van der Waals surface area (Å²) in [6.07, 6.45) is 5.35.